The molecule has 0 aliphatic carbocycles. The Balaban J connectivity index is 2.02. The largest absolute Gasteiger partial charge is 0.476 e. The van der Waals surface area contributed by atoms with Crippen molar-refractivity contribution in [3.05, 3.63) is 27.2 Å². The van der Waals surface area contributed by atoms with E-state index in [2.05, 4.69) is 15.6 Å². The van der Waals surface area contributed by atoms with Crippen LogP contribution in [0.15, 0.2) is 16.5 Å². The van der Waals surface area contributed by atoms with Crippen LogP contribution in [0.2, 0.25) is 0 Å². The summed E-state index contributed by atoms with van der Waals surface area (Å²) in [6, 6.07) is -0.297. The molecule has 1 aromatic rings. The molecular formula is C12H15N3O3S. The number of aromatic carboxylic acids is 1. The smallest absolute Gasteiger partial charge is 0.355 e. The van der Waals surface area contributed by atoms with Crippen molar-refractivity contribution < 1.29 is 14.7 Å². The highest BCUT2D eigenvalue weighted by Gasteiger charge is 2.20. The number of carboxylic acids is 1. The van der Waals surface area contributed by atoms with E-state index in [0.29, 0.717) is 5.01 Å². The summed E-state index contributed by atoms with van der Waals surface area (Å²) in [6.45, 7) is 5.10. The molecular weight excluding hydrogens is 266 g/mol. The van der Waals surface area contributed by atoms with Crippen molar-refractivity contribution in [1.29, 1.82) is 0 Å². The lowest BCUT2D eigenvalue weighted by Gasteiger charge is -2.22. The fraction of sp³-hybridized carbons (Fsp3) is 0.417. The summed E-state index contributed by atoms with van der Waals surface area (Å²) >= 11 is 1.23. The molecule has 2 heterocycles. The van der Waals surface area contributed by atoms with Crippen molar-refractivity contribution in [1.82, 2.24) is 15.6 Å². The van der Waals surface area contributed by atoms with Gasteiger partial charge in [0.15, 0.2) is 5.69 Å². The van der Waals surface area contributed by atoms with Crippen molar-refractivity contribution in [3.63, 3.8) is 0 Å². The maximum Gasteiger partial charge on any atom is 0.355 e. The molecule has 1 fully saturated rings. The van der Waals surface area contributed by atoms with Gasteiger partial charge in [0.2, 0.25) is 5.91 Å². The van der Waals surface area contributed by atoms with Gasteiger partial charge in [0, 0.05) is 24.0 Å². The monoisotopic (exact) mass is 281 g/mol. The molecule has 1 aliphatic heterocycles. The molecule has 1 saturated heterocycles. The zero-order valence-electron chi connectivity index (χ0n) is 10.7. The van der Waals surface area contributed by atoms with Gasteiger partial charge in [-0.3, -0.25) is 4.79 Å². The molecule has 0 saturated carbocycles. The quantitative estimate of drug-likeness (QED) is 0.714. The Morgan fingerprint density at radius 2 is 2.21 bits per heavy atom. The van der Waals surface area contributed by atoms with E-state index in [1.807, 2.05) is 0 Å². The van der Waals surface area contributed by atoms with Crippen LogP contribution in [0.25, 0.3) is 0 Å². The summed E-state index contributed by atoms with van der Waals surface area (Å²) < 4.78 is 0. The number of aromatic nitrogens is 1. The molecule has 6 nitrogen and oxygen atoms in total. The summed E-state index contributed by atoms with van der Waals surface area (Å²) in [5.41, 5.74) is 1.84. The molecule has 1 aromatic heterocycles. The zero-order valence-corrected chi connectivity index (χ0v) is 11.5. The number of carbonyl (C=O) groups excluding carboxylic acids is 1. The highest BCUT2D eigenvalue weighted by molar-refractivity contribution is 7.09. The van der Waals surface area contributed by atoms with Crippen molar-refractivity contribution in [2.24, 2.45) is 0 Å². The molecule has 102 valence electrons. The fourth-order valence-electron chi connectivity index (χ4n) is 1.63. The van der Waals surface area contributed by atoms with Crippen LogP contribution in [-0.2, 0) is 4.79 Å². The van der Waals surface area contributed by atoms with Gasteiger partial charge in [-0.1, -0.05) is 0 Å². The second-order valence-corrected chi connectivity index (χ2v) is 5.29. The van der Waals surface area contributed by atoms with Gasteiger partial charge in [-0.15, -0.1) is 11.3 Å². The molecule has 0 radical (unpaired) electrons. The number of carbonyl (C=O) groups is 2. The minimum absolute atomic E-state index is 0.0133. The van der Waals surface area contributed by atoms with Gasteiger partial charge in [0.1, 0.15) is 5.01 Å². The van der Waals surface area contributed by atoms with Gasteiger partial charge in [-0.2, -0.15) is 0 Å². The summed E-state index contributed by atoms with van der Waals surface area (Å²) in [4.78, 5) is 26.7. The van der Waals surface area contributed by atoms with E-state index in [1.54, 1.807) is 13.8 Å². The number of hydrogen-bond acceptors (Lipinski definition) is 5. The highest BCUT2D eigenvalue weighted by atomic mass is 32.1. The van der Waals surface area contributed by atoms with Crippen LogP contribution in [0.4, 0.5) is 0 Å². The Bertz CT molecular complexity index is 544. The fourth-order valence-corrected chi connectivity index (χ4v) is 2.43. The number of thiazole rings is 1. The summed E-state index contributed by atoms with van der Waals surface area (Å²) in [7, 11) is 0. The lowest BCUT2D eigenvalue weighted by atomic mass is 10.0. The molecule has 2 rings (SSSR count). The predicted molar refractivity (Wildman–Crippen MR) is 71.2 cm³/mol. The third-order valence-electron chi connectivity index (χ3n) is 3.01. The van der Waals surface area contributed by atoms with E-state index in [1.165, 1.54) is 16.7 Å². The van der Waals surface area contributed by atoms with E-state index in [4.69, 9.17) is 5.11 Å². The third-order valence-corrected chi connectivity index (χ3v) is 4.03. The number of carboxylic acid groups (broad SMARTS) is 1. The molecule has 19 heavy (non-hydrogen) atoms. The molecule has 1 unspecified atom stereocenters. The van der Waals surface area contributed by atoms with Gasteiger partial charge in [0.25, 0.3) is 0 Å². The minimum Gasteiger partial charge on any atom is -0.476 e. The van der Waals surface area contributed by atoms with E-state index >= 15 is 0 Å². The first-order chi connectivity index (χ1) is 8.99. The normalized spacial score (nSPS) is 15.6. The van der Waals surface area contributed by atoms with E-state index in [9.17, 15) is 9.59 Å². The SMILES string of the molecule is CC(C(=O)NC(C)c1nc(C(=O)O)cs1)=C1CNC1. The van der Waals surface area contributed by atoms with Crippen LogP contribution in [-0.4, -0.2) is 35.1 Å². The summed E-state index contributed by atoms with van der Waals surface area (Å²) in [6.07, 6.45) is 0. The van der Waals surface area contributed by atoms with E-state index in [0.717, 1.165) is 24.2 Å². The Morgan fingerprint density at radius 3 is 2.68 bits per heavy atom. The van der Waals surface area contributed by atoms with Crippen molar-refractivity contribution in [2.45, 2.75) is 19.9 Å². The number of rotatable bonds is 4. The average molecular weight is 281 g/mol. The maximum absolute atomic E-state index is 12.0. The Labute approximate surface area is 114 Å². The first kappa shape index (κ1) is 13.7. The first-order valence-corrected chi connectivity index (χ1v) is 6.76. The van der Waals surface area contributed by atoms with Crippen molar-refractivity contribution in [2.75, 3.05) is 13.1 Å². The number of hydrogen-bond donors (Lipinski definition) is 3. The van der Waals surface area contributed by atoms with Crippen molar-refractivity contribution >= 4 is 23.2 Å². The second-order valence-electron chi connectivity index (χ2n) is 4.40. The lowest BCUT2D eigenvalue weighted by Crippen LogP contribution is -2.38. The molecule has 0 bridgehead atoms. The number of nitrogens with one attached hydrogen (secondary N) is 2. The highest BCUT2D eigenvalue weighted by Crippen LogP contribution is 2.19. The standard InChI is InChI=1S/C12H15N3O3S/c1-6(8-3-13-4-8)10(16)14-7(2)11-15-9(5-19-11)12(17)18/h5,7,13H,3-4H2,1-2H3,(H,14,16)(H,17,18). The number of nitrogens with zero attached hydrogens (tertiary/aromatic N) is 1. The number of amides is 1. The first-order valence-electron chi connectivity index (χ1n) is 5.88. The third kappa shape index (κ3) is 2.99. The summed E-state index contributed by atoms with van der Waals surface area (Å²) in [5.74, 6) is -1.18. The maximum atomic E-state index is 12.0. The van der Waals surface area contributed by atoms with Crippen LogP contribution in [0.3, 0.4) is 0 Å². The molecule has 0 spiro atoms. The van der Waals surface area contributed by atoms with Gasteiger partial charge in [-0.25, -0.2) is 9.78 Å². The van der Waals surface area contributed by atoms with Crippen LogP contribution in [0.5, 0.6) is 0 Å². The predicted octanol–water partition coefficient (Wildman–Crippen LogP) is 0.938. The Hall–Kier alpha value is -1.73. The molecule has 3 N–H and O–H groups in total. The Morgan fingerprint density at radius 1 is 1.53 bits per heavy atom. The molecule has 1 aliphatic rings. The molecule has 1 amide bonds. The van der Waals surface area contributed by atoms with Gasteiger partial charge < -0.3 is 15.7 Å². The van der Waals surface area contributed by atoms with Crippen LogP contribution < -0.4 is 10.6 Å². The second kappa shape index (κ2) is 5.50. The molecule has 1 atom stereocenters. The van der Waals surface area contributed by atoms with Crippen LogP contribution in [0, 0.1) is 0 Å². The lowest BCUT2D eigenvalue weighted by molar-refractivity contribution is -0.118. The summed E-state index contributed by atoms with van der Waals surface area (Å²) in [5, 5.41) is 16.8. The minimum atomic E-state index is -1.06. The average Bonchev–Trinajstić information content (AvgIpc) is 2.75. The van der Waals surface area contributed by atoms with Gasteiger partial charge in [-0.05, 0) is 19.4 Å². The van der Waals surface area contributed by atoms with Crippen LogP contribution in [0.1, 0.15) is 35.4 Å². The van der Waals surface area contributed by atoms with Gasteiger partial charge >= 0.3 is 5.97 Å². The van der Waals surface area contributed by atoms with E-state index < -0.39 is 5.97 Å². The zero-order chi connectivity index (χ0) is 14.0. The van der Waals surface area contributed by atoms with Crippen molar-refractivity contribution in [3.8, 4) is 0 Å². The van der Waals surface area contributed by atoms with E-state index in [-0.39, 0.29) is 17.6 Å². The topological polar surface area (TPSA) is 91.3 Å². The molecule has 0 aromatic carbocycles. The molecule has 7 heteroatoms. The Kier molecular flexibility index (Phi) is 3.96. The van der Waals surface area contributed by atoms with Crippen LogP contribution >= 0.6 is 11.3 Å². The van der Waals surface area contributed by atoms with Gasteiger partial charge in [0.05, 0.1) is 6.04 Å².